The molecule has 1 aromatic heterocycles. The van der Waals surface area contributed by atoms with E-state index in [9.17, 15) is 8.42 Å². The van der Waals surface area contributed by atoms with Crippen LogP contribution in [0, 0.1) is 6.92 Å². The summed E-state index contributed by atoms with van der Waals surface area (Å²) in [4.78, 5) is 6.64. The van der Waals surface area contributed by atoms with E-state index in [-0.39, 0.29) is 0 Å². The second kappa shape index (κ2) is 9.80. The highest BCUT2D eigenvalue weighted by Crippen LogP contribution is 2.24. The first-order valence-corrected chi connectivity index (χ1v) is 11.2. The molecule has 28 heavy (non-hydrogen) atoms. The number of rotatable bonds is 8. The molecule has 1 fully saturated rings. The first-order valence-electron chi connectivity index (χ1n) is 9.42. The van der Waals surface area contributed by atoms with Crippen molar-refractivity contribution in [1.82, 2.24) is 14.2 Å². The second-order valence-corrected chi connectivity index (χ2v) is 9.25. The van der Waals surface area contributed by atoms with E-state index in [0.717, 1.165) is 44.8 Å². The average molecular weight is 424 g/mol. The van der Waals surface area contributed by atoms with E-state index in [2.05, 4.69) is 9.88 Å². The van der Waals surface area contributed by atoms with Gasteiger partial charge in [0.2, 0.25) is 10.0 Å². The van der Waals surface area contributed by atoms with Crippen LogP contribution in [0.3, 0.4) is 0 Å². The Kier molecular flexibility index (Phi) is 7.42. The van der Waals surface area contributed by atoms with Crippen LogP contribution < -0.4 is 0 Å². The Morgan fingerprint density at radius 3 is 2.57 bits per heavy atom. The van der Waals surface area contributed by atoms with Crippen LogP contribution in [0.2, 0.25) is 5.02 Å². The largest absolute Gasteiger partial charge is 0.379 e. The molecule has 0 radical (unpaired) electrons. The van der Waals surface area contributed by atoms with Gasteiger partial charge in [-0.05, 0) is 61.3 Å². The maximum atomic E-state index is 13.4. The zero-order chi connectivity index (χ0) is 20.0. The van der Waals surface area contributed by atoms with E-state index >= 15 is 0 Å². The van der Waals surface area contributed by atoms with Crippen LogP contribution >= 0.6 is 11.6 Å². The monoisotopic (exact) mass is 423 g/mol. The Balaban J connectivity index is 1.77. The summed E-state index contributed by atoms with van der Waals surface area (Å²) >= 11 is 6.01. The molecule has 0 bridgehead atoms. The van der Waals surface area contributed by atoms with Gasteiger partial charge >= 0.3 is 0 Å². The molecule has 1 aliphatic heterocycles. The van der Waals surface area contributed by atoms with Crippen LogP contribution in [0.15, 0.2) is 47.6 Å². The summed E-state index contributed by atoms with van der Waals surface area (Å²) in [6.45, 7) is 6.66. The molecule has 1 aliphatic rings. The number of sulfonamides is 1. The van der Waals surface area contributed by atoms with Crippen molar-refractivity contribution in [3.63, 3.8) is 0 Å². The minimum Gasteiger partial charge on any atom is -0.379 e. The predicted octanol–water partition coefficient (Wildman–Crippen LogP) is 2.96. The van der Waals surface area contributed by atoms with E-state index in [1.54, 1.807) is 41.8 Å². The molecule has 0 unspecified atom stereocenters. The minimum atomic E-state index is -3.64. The minimum absolute atomic E-state index is 0.303. The van der Waals surface area contributed by atoms with Crippen LogP contribution in [0.4, 0.5) is 0 Å². The maximum absolute atomic E-state index is 13.4. The van der Waals surface area contributed by atoms with Crippen LogP contribution in [0.25, 0.3) is 0 Å². The van der Waals surface area contributed by atoms with Gasteiger partial charge in [0.1, 0.15) is 0 Å². The molecule has 0 saturated carbocycles. The normalized spacial score (nSPS) is 15.8. The lowest BCUT2D eigenvalue weighted by Gasteiger charge is -2.28. The zero-order valence-corrected chi connectivity index (χ0v) is 17.6. The Labute approximate surface area is 172 Å². The van der Waals surface area contributed by atoms with Crippen molar-refractivity contribution in [3.8, 4) is 0 Å². The molecule has 2 aromatic rings. The Morgan fingerprint density at radius 2 is 1.89 bits per heavy atom. The predicted molar refractivity (Wildman–Crippen MR) is 110 cm³/mol. The number of aromatic nitrogens is 1. The molecule has 0 N–H and O–H groups in total. The molecule has 1 aromatic carbocycles. The first kappa shape index (κ1) is 21.2. The SMILES string of the molecule is Cc1cc(Cl)ccc1S(=O)(=O)N(CCCN1CCOCC1)Cc1ccncc1. The quantitative estimate of drug-likeness (QED) is 0.653. The number of morpholine rings is 1. The summed E-state index contributed by atoms with van der Waals surface area (Å²) in [6, 6.07) is 8.60. The number of ether oxygens (including phenoxy) is 1. The second-order valence-electron chi connectivity index (χ2n) is 6.91. The summed E-state index contributed by atoms with van der Waals surface area (Å²) in [5.41, 5.74) is 1.57. The van der Waals surface area contributed by atoms with E-state index in [1.165, 1.54) is 0 Å². The molecule has 0 atom stereocenters. The Morgan fingerprint density at radius 1 is 1.18 bits per heavy atom. The van der Waals surface area contributed by atoms with E-state index < -0.39 is 10.0 Å². The van der Waals surface area contributed by atoms with Gasteiger partial charge in [-0.15, -0.1) is 0 Å². The summed E-state index contributed by atoms with van der Waals surface area (Å²) in [5, 5.41) is 0.532. The van der Waals surface area contributed by atoms with Crippen molar-refractivity contribution in [2.24, 2.45) is 0 Å². The van der Waals surface area contributed by atoms with Gasteiger partial charge < -0.3 is 4.74 Å². The third kappa shape index (κ3) is 5.52. The molecule has 8 heteroatoms. The maximum Gasteiger partial charge on any atom is 0.243 e. The fraction of sp³-hybridized carbons (Fsp3) is 0.450. The number of benzene rings is 1. The van der Waals surface area contributed by atoms with Crippen LogP contribution in [0.5, 0.6) is 0 Å². The van der Waals surface area contributed by atoms with Gasteiger partial charge in [0, 0.05) is 43.6 Å². The fourth-order valence-electron chi connectivity index (χ4n) is 3.31. The van der Waals surface area contributed by atoms with E-state index in [1.807, 2.05) is 12.1 Å². The van der Waals surface area contributed by atoms with Crippen molar-refractivity contribution in [2.75, 3.05) is 39.4 Å². The number of hydrogen-bond donors (Lipinski definition) is 0. The summed E-state index contributed by atoms with van der Waals surface area (Å²) in [5.74, 6) is 0. The van der Waals surface area contributed by atoms with Crippen LogP contribution in [-0.4, -0.2) is 62.0 Å². The molecule has 1 saturated heterocycles. The van der Waals surface area contributed by atoms with E-state index in [0.29, 0.717) is 28.6 Å². The third-order valence-electron chi connectivity index (χ3n) is 4.85. The van der Waals surface area contributed by atoms with Gasteiger partial charge in [-0.3, -0.25) is 9.88 Å². The number of halogens is 1. The van der Waals surface area contributed by atoms with Crippen molar-refractivity contribution in [3.05, 3.63) is 58.9 Å². The number of aryl methyl sites for hydroxylation is 1. The topological polar surface area (TPSA) is 62.7 Å². The zero-order valence-electron chi connectivity index (χ0n) is 16.1. The lowest BCUT2D eigenvalue weighted by Crippen LogP contribution is -2.39. The fourth-order valence-corrected chi connectivity index (χ4v) is 5.21. The van der Waals surface area contributed by atoms with Crippen molar-refractivity contribution in [1.29, 1.82) is 0 Å². The van der Waals surface area contributed by atoms with Crippen LogP contribution in [-0.2, 0) is 21.3 Å². The number of pyridine rings is 1. The molecule has 6 nitrogen and oxygen atoms in total. The molecule has 152 valence electrons. The number of hydrogen-bond acceptors (Lipinski definition) is 5. The summed E-state index contributed by atoms with van der Waals surface area (Å²) in [6.07, 6.45) is 4.12. The highest BCUT2D eigenvalue weighted by molar-refractivity contribution is 7.89. The Hall–Kier alpha value is -1.51. The van der Waals surface area contributed by atoms with Gasteiger partial charge in [-0.1, -0.05) is 11.6 Å². The highest BCUT2D eigenvalue weighted by atomic mass is 35.5. The molecular weight excluding hydrogens is 398 g/mol. The molecule has 0 amide bonds. The lowest BCUT2D eigenvalue weighted by molar-refractivity contribution is 0.0368. The first-order chi connectivity index (χ1) is 13.5. The molecule has 0 spiro atoms. The van der Waals surface area contributed by atoms with Gasteiger partial charge in [-0.25, -0.2) is 8.42 Å². The molecule has 2 heterocycles. The number of nitrogens with zero attached hydrogens (tertiary/aromatic N) is 3. The highest BCUT2D eigenvalue weighted by Gasteiger charge is 2.26. The van der Waals surface area contributed by atoms with Gasteiger partial charge in [-0.2, -0.15) is 4.31 Å². The molecular formula is C20H26ClN3O3S. The van der Waals surface area contributed by atoms with Crippen LogP contribution in [0.1, 0.15) is 17.5 Å². The lowest BCUT2D eigenvalue weighted by atomic mass is 10.2. The summed E-state index contributed by atoms with van der Waals surface area (Å²) in [7, 11) is -3.64. The summed E-state index contributed by atoms with van der Waals surface area (Å²) < 4.78 is 33.7. The smallest absolute Gasteiger partial charge is 0.243 e. The Bertz CT molecular complexity index is 872. The van der Waals surface area contributed by atoms with Gasteiger partial charge in [0.15, 0.2) is 0 Å². The van der Waals surface area contributed by atoms with E-state index in [4.69, 9.17) is 16.3 Å². The molecule has 3 rings (SSSR count). The third-order valence-corrected chi connectivity index (χ3v) is 7.09. The van der Waals surface area contributed by atoms with Gasteiger partial charge in [0.25, 0.3) is 0 Å². The van der Waals surface area contributed by atoms with Crippen molar-refractivity contribution in [2.45, 2.75) is 24.8 Å². The molecule has 0 aliphatic carbocycles. The van der Waals surface area contributed by atoms with Crippen molar-refractivity contribution < 1.29 is 13.2 Å². The van der Waals surface area contributed by atoms with Crippen molar-refractivity contribution >= 4 is 21.6 Å². The average Bonchev–Trinajstić information content (AvgIpc) is 2.68. The van der Waals surface area contributed by atoms with Gasteiger partial charge in [0.05, 0.1) is 18.1 Å². The standard InChI is InChI=1S/C20H26ClN3O3S/c1-17-15-19(21)3-4-20(17)28(25,26)24(16-18-5-7-22-8-6-18)10-2-9-23-11-13-27-14-12-23/h3-8,15H,2,9-14,16H2,1H3.